The fourth-order valence-corrected chi connectivity index (χ4v) is 2.90. The average molecular weight is 314 g/mol. The van der Waals surface area contributed by atoms with Crippen LogP contribution in [0.4, 0.5) is 5.88 Å². The number of anilines is 1. The Morgan fingerprint density at radius 1 is 1.04 bits per heavy atom. The Balaban J connectivity index is 1.88. The zero-order valence-electron chi connectivity index (χ0n) is 12.7. The lowest BCUT2D eigenvalue weighted by molar-refractivity contribution is 0.585. The molecule has 0 unspecified atom stereocenters. The molecule has 0 radical (unpaired) electrons. The van der Waals surface area contributed by atoms with Gasteiger partial charge in [-0.15, -0.1) is 0 Å². The molecule has 5 nitrogen and oxygen atoms in total. The van der Waals surface area contributed by atoms with Gasteiger partial charge in [-0.05, 0) is 17.7 Å². The van der Waals surface area contributed by atoms with Crippen molar-refractivity contribution in [2.24, 2.45) is 5.73 Å². The first-order valence-corrected chi connectivity index (χ1v) is 7.56. The molecule has 1 aromatic heterocycles. The fraction of sp³-hybridized carbons (Fsp3) is 0.0526. The van der Waals surface area contributed by atoms with Gasteiger partial charge in [0.1, 0.15) is 11.5 Å². The summed E-state index contributed by atoms with van der Waals surface area (Å²) in [4.78, 5) is 4.64. The van der Waals surface area contributed by atoms with Gasteiger partial charge in [-0.2, -0.15) is 5.26 Å². The van der Waals surface area contributed by atoms with Crippen LogP contribution in [0.15, 0.2) is 76.5 Å². The average Bonchev–Trinajstić information content (AvgIpc) is 3.05. The largest absolute Gasteiger partial charge is 0.420 e. The first-order chi connectivity index (χ1) is 11.8. The molecule has 0 saturated heterocycles. The lowest BCUT2D eigenvalue weighted by Gasteiger charge is -2.22. The summed E-state index contributed by atoms with van der Waals surface area (Å²) in [6, 6.07) is 21.6. The third-order valence-electron chi connectivity index (χ3n) is 4.03. The number of aromatic nitrogens is 1. The summed E-state index contributed by atoms with van der Waals surface area (Å²) in [5.41, 5.74) is 8.98. The Bertz CT molecular complexity index is 952. The second-order valence-corrected chi connectivity index (χ2v) is 5.51. The van der Waals surface area contributed by atoms with Gasteiger partial charge in [0, 0.05) is 5.56 Å². The molecule has 0 aliphatic carbocycles. The standard InChI is InChI=1S/C19H14N4O/c20-11-14-15(12-7-3-1-4-8-12)16-19(23-17(14)21)24-18(22-16)13-9-5-2-6-10-13/h1-10,15,23H,21H2/t15-/m1/s1. The van der Waals surface area contributed by atoms with Gasteiger partial charge in [-0.25, -0.2) is 4.98 Å². The molecule has 0 bridgehead atoms. The van der Waals surface area contributed by atoms with Gasteiger partial charge in [0.15, 0.2) is 0 Å². The minimum Gasteiger partial charge on any atom is -0.420 e. The van der Waals surface area contributed by atoms with Crippen LogP contribution in [-0.2, 0) is 0 Å². The summed E-state index contributed by atoms with van der Waals surface area (Å²) < 4.78 is 5.86. The van der Waals surface area contributed by atoms with Crippen molar-refractivity contribution in [2.75, 3.05) is 5.32 Å². The third kappa shape index (κ3) is 2.22. The van der Waals surface area contributed by atoms with Crippen molar-refractivity contribution in [3.8, 4) is 17.5 Å². The molecule has 2 aromatic carbocycles. The maximum atomic E-state index is 9.56. The van der Waals surface area contributed by atoms with Gasteiger partial charge in [0.05, 0.1) is 17.6 Å². The van der Waals surface area contributed by atoms with E-state index < -0.39 is 0 Å². The van der Waals surface area contributed by atoms with Gasteiger partial charge in [-0.1, -0.05) is 48.5 Å². The first-order valence-electron chi connectivity index (χ1n) is 7.56. The highest BCUT2D eigenvalue weighted by Crippen LogP contribution is 2.41. The summed E-state index contributed by atoms with van der Waals surface area (Å²) in [6.45, 7) is 0. The molecule has 3 aromatic rings. The van der Waals surface area contributed by atoms with E-state index in [4.69, 9.17) is 10.2 Å². The number of fused-ring (bicyclic) bond motifs is 1. The van der Waals surface area contributed by atoms with Crippen LogP contribution < -0.4 is 11.1 Å². The summed E-state index contributed by atoms with van der Waals surface area (Å²) in [5.74, 6) is 0.948. The summed E-state index contributed by atoms with van der Waals surface area (Å²) in [5, 5.41) is 12.5. The second kappa shape index (κ2) is 5.60. The van der Waals surface area contributed by atoms with E-state index in [0.29, 0.717) is 28.9 Å². The van der Waals surface area contributed by atoms with Crippen LogP contribution in [0.2, 0.25) is 0 Å². The molecular formula is C19H14N4O. The highest BCUT2D eigenvalue weighted by atomic mass is 16.4. The summed E-state index contributed by atoms with van der Waals surface area (Å²) >= 11 is 0. The summed E-state index contributed by atoms with van der Waals surface area (Å²) in [7, 11) is 0. The maximum Gasteiger partial charge on any atom is 0.229 e. The molecular weight excluding hydrogens is 300 g/mol. The van der Waals surface area contributed by atoms with Crippen molar-refractivity contribution in [3.63, 3.8) is 0 Å². The lowest BCUT2D eigenvalue weighted by Crippen LogP contribution is -2.22. The van der Waals surface area contributed by atoms with Crippen LogP contribution >= 0.6 is 0 Å². The molecule has 0 fully saturated rings. The van der Waals surface area contributed by atoms with Crippen molar-refractivity contribution in [2.45, 2.75) is 5.92 Å². The molecule has 3 N–H and O–H groups in total. The maximum absolute atomic E-state index is 9.56. The number of hydrogen-bond acceptors (Lipinski definition) is 5. The smallest absolute Gasteiger partial charge is 0.229 e. The molecule has 1 aliphatic heterocycles. The molecule has 5 heteroatoms. The molecule has 116 valence electrons. The Kier molecular flexibility index (Phi) is 3.29. The number of nitrogens with two attached hydrogens (primary N) is 1. The van der Waals surface area contributed by atoms with Gasteiger partial charge in [-0.3, -0.25) is 0 Å². The van der Waals surface area contributed by atoms with E-state index in [1.807, 2.05) is 60.7 Å². The van der Waals surface area contributed by atoms with E-state index in [-0.39, 0.29) is 5.92 Å². The predicted octanol–water partition coefficient (Wildman–Crippen LogP) is 3.59. The fourth-order valence-electron chi connectivity index (χ4n) is 2.90. The molecule has 4 rings (SSSR count). The van der Waals surface area contributed by atoms with Gasteiger partial charge in [0.2, 0.25) is 11.8 Å². The Labute approximate surface area is 139 Å². The highest BCUT2D eigenvalue weighted by Gasteiger charge is 2.33. The zero-order valence-corrected chi connectivity index (χ0v) is 12.7. The van der Waals surface area contributed by atoms with Gasteiger partial charge >= 0.3 is 0 Å². The minimum atomic E-state index is -0.339. The second-order valence-electron chi connectivity index (χ2n) is 5.51. The van der Waals surface area contributed by atoms with Crippen molar-refractivity contribution in [1.82, 2.24) is 4.98 Å². The van der Waals surface area contributed by atoms with E-state index >= 15 is 0 Å². The van der Waals surface area contributed by atoms with Crippen molar-refractivity contribution < 1.29 is 4.42 Å². The number of nitrogens with one attached hydrogen (secondary N) is 1. The highest BCUT2D eigenvalue weighted by molar-refractivity contribution is 5.65. The van der Waals surface area contributed by atoms with Crippen LogP contribution in [0.3, 0.4) is 0 Å². The topological polar surface area (TPSA) is 87.9 Å². The number of hydrogen-bond donors (Lipinski definition) is 2. The van der Waals surface area contributed by atoms with Gasteiger partial charge in [0.25, 0.3) is 0 Å². The SMILES string of the molecule is N#CC1=C(N)Nc2oc(-c3ccccc3)nc2[C@@H]1c1ccccc1. The number of benzene rings is 2. The van der Waals surface area contributed by atoms with Crippen LogP contribution in [0.1, 0.15) is 17.2 Å². The monoisotopic (exact) mass is 314 g/mol. The normalized spacial score (nSPS) is 16.2. The number of nitriles is 1. The van der Waals surface area contributed by atoms with Gasteiger partial charge < -0.3 is 15.5 Å². The summed E-state index contributed by atoms with van der Waals surface area (Å²) in [6.07, 6.45) is 0. The molecule has 1 atom stereocenters. The Morgan fingerprint density at radius 3 is 2.38 bits per heavy atom. The van der Waals surface area contributed by atoms with Crippen molar-refractivity contribution >= 4 is 5.88 Å². The predicted molar refractivity (Wildman–Crippen MR) is 90.7 cm³/mol. The van der Waals surface area contributed by atoms with E-state index in [9.17, 15) is 5.26 Å². The number of allylic oxidation sites excluding steroid dienone is 1. The van der Waals surface area contributed by atoms with Crippen molar-refractivity contribution in [3.05, 3.63) is 83.3 Å². The number of nitrogens with zero attached hydrogens (tertiary/aromatic N) is 2. The van der Waals surface area contributed by atoms with Crippen LogP contribution in [-0.4, -0.2) is 4.98 Å². The number of rotatable bonds is 2. The van der Waals surface area contributed by atoms with Crippen LogP contribution in [0, 0.1) is 11.3 Å². The van der Waals surface area contributed by atoms with Crippen LogP contribution in [0.5, 0.6) is 0 Å². The van der Waals surface area contributed by atoms with Crippen LogP contribution in [0.25, 0.3) is 11.5 Å². The Morgan fingerprint density at radius 2 is 1.71 bits per heavy atom. The number of oxazole rings is 1. The third-order valence-corrected chi connectivity index (χ3v) is 4.03. The Hall–Kier alpha value is -3.52. The molecule has 0 saturated carbocycles. The zero-order chi connectivity index (χ0) is 16.5. The molecule has 1 aliphatic rings. The minimum absolute atomic E-state index is 0.301. The van der Waals surface area contributed by atoms with E-state index in [1.165, 1.54) is 0 Å². The first kappa shape index (κ1) is 14.1. The lowest BCUT2D eigenvalue weighted by atomic mass is 9.87. The molecule has 0 amide bonds. The van der Waals surface area contributed by atoms with Crippen molar-refractivity contribution in [1.29, 1.82) is 5.26 Å². The van der Waals surface area contributed by atoms with E-state index in [2.05, 4.69) is 16.4 Å². The quantitative estimate of drug-likeness (QED) is 0.754. The molecule has 24 heavy (non-hydrogen) atoms. The van der Waals surface area contributed by atoms with E-state index in [0.717, 1.165) is 11.1 Å². The van der Waals surface area contributed by atoms with E-state index in [1.54, 1.807) is 0 Å². The molecule has 2 heterocycles. The molecule has 0 spiro atoms.